The number of hydrogen-bond acceptors (Lipinski definition) is 2. The van der Waals surface area contributed by atoms with Crippen LogP contribution in [0.2, 0.25) is 0 Å². The number of carbonyl (C=O) groups is 2. The van der Waals surface area contributed by atoms with Crippen LogP contribution < -0.4 is 5.32 Å². The Hall–Kier alpha value is -2.62. The average Bonchev–Trinajstić information content (AvgIpc) is 2.56. The molecule has 0 radical (unpaired) electrons. The standard InChI is InChI=1S/C20H24N2O2/c1-14(2)22(13-17-11-6-5-7-12-17)20(24)19(23)21-18-15(3)9-8-10-16(18)4/h5-12,14H,13H2,1-4H3,(H,21,23). The SMILES string of the molecule is Cc1cccc(C)c1NC(=O)C(=O)N(Cc1ccccc1)C(C)C. The molecule has 4 heteroatoms. The summed E-state index contributed by atoms with van der Waals surface area (Å²) >= 11 is 0. The summed E-state index contributed by atoms with van der Waals surface area (Å²) in [6.45, 7) is 8.06. The Morgan fingerprint density at radius 3 is 2.08 bits per heavy atom. The van der Waals surface area contributed by atoms with Crippen LogP contribution in [0.5, 0.6) is 0 Å². The second-order valence-electron chi connectivity index (χ2n) is 6.23. The van der Waals surface area contributed by atoms with E-state index in [1.165, 1.54) is 0 Å². The van der Waals surface area contributed by atoms with Gasteiger partial charge in [0.25, 0.3) is 0 Å². The minimum Gasteiger partial charge on any atom is -0.328 e. The van der Waals surface area contributed by atoms with E-state index >= 15 is 0 Å². The van der Waals surface area contributed by atoms with Gasteiger partial charge in [0.1, 0.15) is 0 Å². The maximum absolute atomic E-state index is 12.6. The van der Waals surface area contributed by atoms with E-state index in [9.17, 15) is 9.59 Å². The van der Waals surface area contributed by atoms with Crippen molar-refractivity contribution in [2.75, 3.05) is 5.32 Å². The van der Waals surface area contributed by atoms with E-state index in [0.29, 0.717) is 12.2 Å². The quantitative estimate of drug-likeness (QED) is 0.872. The fourth-order valence-corrected chi connectivity index (χ4v) is 2.58. The molecule has 0 heterocycles. The van der Waals surface area contributed by atoms with E-state index in [1.807, 2.05) is 76.2 Å². The first-order chi connectivity index (χ1) is 11.4. The van der Waals surface area contributed by atoms with Crippen molar-refractivity contribution in [1.82, 2.24) is 4.90 Å². The van der Waals surface area contributed by atoms with E-state index in [2.05, 4.69) is 5.32 Å². The summed E-state index contributed by atoms with van der Waals surface area (Å²) in [4.78, 5) is 26.7. The van der Waals surface area contributed by atoms with Gasteiger partial charge >= 0.3 is 11.8 Å². The number of anilines is 1. The number of carbonyl (C=O) groups excluding carboxylic acids is 2. The second kappa shape index (κ2) is 7.77. The smallest absolute Gasteiger partial charge is 0.313 e. The van der Waals surface area contributed by atoms with Gasteiger partial charge in [-0.25, -0.2) is 0 Å². The van der Waals surface area contributed by atoms with Crippen LogP contribution in [0.25, 0.3) is 0 Å². The lowest BCUT2D eigenvalue weighted by Crippen LogP contribution is -2.43. The maximum Gasteiger partial charge on any atom is 0.313 e. The molecule has 2 aromatic carbocycles. The summed E-state index contributed by atoms with van der Waals surface area (Å²) in [5.74, 6) is -1.12. The van der Waals surface area contributed by atoms with Crippen LogP contribution in [0.3, 0.4) is 0 Å². The summed E-state index contributed by atoms with van der Waals surface area (Å²) in [7, 11) is 0. The fraction of sp³-hybridized carbons (Fsp3) is 0.300. The largest absolute Gasteiger partial charge is 0.328 e. The Balaban J connectivity index is 2.16. The second-order valence-corrected chi connectivity index (χ2v) is 6.23. The molecule has 0 saturated carbocycles. The van der Waals surface area contributed by atoms with Gasteiger partial charge in [-0.15, -0.1) is 0 Å². The number of nitrogens with zero attached hydrogens (tertiary/aromatic N) is 1. The Morgan fingerprint density at radius 2 is 1.54 bits per heavy atom. The first kappa shape index (κ1) is 17.7. The first-order valence-corrected chi connectivity index (χ1v) is 8.12. The molecule has 0 saturated heterocycles. The van der Waals surface area contributed by atoms with Crippen LogP contribution in [0.4, 0.5) is 5.69 Å². The molecular weight excluding hydrogens is 300 g/mol. The molecule has 4 nitrogen and oxygen atoms in total. The molecule has 0 aliphatic carbocycles. The van der Waals surface area contributed by atoms with E-state index in [1.54, 1.807) is 4.90 Å². The maximum atomic E-state index is 12.6. The van der Waals surface area contributed by atoms with Gasteiger partial charge in [-0.3, -0.25) is 9.59 Å². The minimum absolute atomic E-state index is 0.0681. The molecule has 0 fully saturated rings. The number of hydrogen-bond donors (Lipinski definition) is 1. The summed E-state index contributed by atoms with van der Waals surface area (Å²) in [6, 6.07) is 15.4. The predicted octanol–water partition coefficient (Wildman–Crippen LogP) is 3.68. The van der Waals surface area contributed by atoms with E-state index in [-0.39, 0.29) is 6.04 Å². The van der Waals surface area contributed by atoms with Gasteiger partial charge in [0, 0.05) is 18.3 Å². The third-order valence-electron chi connectivity index (χ3n) is 3.99. The van der Waals surface area contributed by atoms with Crippen LogP contribution in [0, 0.1) is 13.8 Å². The molecule has 0 atom stereocenters. The molecule has 0 bridgehead atoms. The highest BCUT2D eigenvalue weighted by atomic mass is 16.2. The fourth-order valence-electron chi connectivity index (χ4n) is 2.58. The topological polar surface area (TPSA) is 49.4 Å². The third-order valence-corrected chi connectivity index (χ3v) is 3.99. The van der Waals surface area contributed by atoms with Crippen LogP contribution in [0.1, 0.15) is 30.5 Å². The van der Waals surface area contributed by atoms with Crippen molar-refractivity contribution in [2.24, 2.45) is 0 Å². The zero-order valence-electron chi connectivity index (χ0n) is 14.7. The number of rotatable bonds is 4. The number of benzene rings is 2. The molecule has 0 aliphatic rings. The van der Waals surface area contributed by atoms with Crippen molar-refractivity contribution in [3.05, 3.63) is 65.2 Å². The molecule has 0 aliphatic heterocycles. The molecule has 2 aromatic rings. The number of para-hydroxylation sites is 1. The Kier molecular flexibility index (Phi) is 5.74. The lowest BCUT2D eigenvalue weighted by atomic mass is 10.1. The average molecular weight is 324 g/mol. The van der Waals surface area contributed by atoms with Gasteiger partial charge in [-0.05, 0) is 44.4 Å². The molecule has 0 spiro atoms. The van der Waals surface area contributed by atoms with Gasteiger partial charge in [0.05, 0.1) is 0 Å². The molecular formula is C20H24N2O2. The van der Waals surface area contributed by atoms with Crippen molar-refractivity contribution in [3.63, 3.8) is 0 Å². The zero-order valence-corrected chi connectivity index (χ0v) is 14.7. The molecule has 0 unspecified atom stereocenters. The normalized spacial score (nSPS) is 10.5. The van der Waals surface area contributed by atoms with E-state index in [0.717, 1.165) is 16.7 Å². The summed E-state index contributed by atoms with van der Waals surface area (Å²) in [5.41, 5.74) is 3.59. The van der Waals surface area contributed by atoms with Gasteiger partial charge in [0.15, 0.2) is 0 Å². The van der Waals surface area contributed by atoms with Crippen molar-refractivity contribution in [3.8, 4) is 0 Å². The van der Waals surface area contributed by atoms with E-state index < -0.39 is 11.8 Å². The molecule has 2 rings (SSSR count). The van der Waals surface area contributed by atoms with Crippen LogP contribution >= 0.6 is 0 Å². The van der Waals surface area contributed by atoms with Gasteiger partial charge in [0.2, 0.25) is 0 Å². The lowest BCUT2D eigenvalue weighted by Gasteiger charge is -2.26. The summed E-state index contributed by atoms with van der Waals surface area (Å²) in [5, 5.41) is 2.77. The van der Waals surface area contributed by atoms with Gasteiger partial charge in [-0.2, -0.15) is 0 Å². The molecule has 126 valence electrons. The highest BCUT2D eigenvalue weighted by Gasteiger charge is 2.25. The molecule has 0 aromatic heterocycles. The third kappa shape index (κ3) is 4.22. The molecule has 24 heavy (non-hydrogen) atoms. The predicted molar refractivity (Wildman–Crippen MR) is 96.7 cm³/mol. The van der Waals surface area contributed by atoms with E-state index in [4.69, 9.17) is 0 Å². The monoisotopic (exact) mass is 324 g/mol. The van der Waals surface area contributed by atoms with Crippen molar-refractivity contribution >= 4 is 17.5 Å². The zero-order chi connectivity index (χ0) is 17.7. The summed E-state index contributed by atoms with van der Waals surface area (Å²) < 4.78 is 0. The van der Waals surface area contributed by atoms with Gasteiger partial charge in [-0.1, -0.05) is 48.5 Å². The van der Waals surface area contributed by atoms with Crippen LogP contribution in [0.15, 0.2) is 48.5 Å². The highest BCUT2D eigenvalue weighted by Crippen LogP contribution is 2.19. The number of amides is 2. The van der Waals surface area contributed by atoms with Crippen molar-refractivity contribution in [2.45, 2.75) is 40.3 Å². The number of nitrogens with one attached hydrogen (secondary N) is 1. The minimum atomic E-state index is -0.600. The summed E-state index contributed by atoms with van der Waals surface area (Å²) in [6.07, 6.45) is 0. The van der Waals surface area contributed by atoms with Crippen molar-refractivity contribution < 1.29 is 9.59 Å². The first-order valence-electron chi connectivity index (χ1n) is 8.12. The Labute approximate surface area is 143 Å². The van der Waals surface area contributed by atoms with Gasteiger partial charge < -0.3 is 10.2 Å². The number of aryl methyl sites for hydroxylation is 2. The van der Waals surface area contributed by atoms with Crippen LogP contribution in [-0.2, 0) is 16.1 Å². The highest BCUT2D eigenvalue weighted by molar-refractivity contribution is 6.39. The molecule has 1 N–H and O–H groups in total. The molecule has 2 amide bonds. The van der Waals surface area contributed by atoms with Crippen molar-refractivity contribution in [1.29, 1.82) is 0 Å². The van der Waals surface area contributed by atoms with Crippen LogP contribution in [-0.4, -0.2) is 22.8 Å². The lowest BCUT2D eigenvalue weighted by molar-refractivity contribution is -0.144. The Bertz CT molecular complexity index is 703. The Morgan fingerprint density at radius 1 is 0.958 bits per heavy atom.